The Bertz CT molecular complexity index is 732. The molecule has 1 atom stereocenters. The molecule has 0 aliphatic carbocycles. The predicted molar refractivity (Wildman–Crippen MR) is 97.3 cm³/mol. The third kappa shape index (κ3) is 5.37. The van der Waals surface area contributed by atoms with Crippen molar-refractivity contribution in [1.82, 2.24) is 15.2 Å². The van der Waals surface area contributed by atoms with E-state index in [1.165, 1.54) is 17.0 Å². The number of carbonyl (C=O) groups excluding carboxylic acids is 2. The first-order valence-electron chi connectivity index (χ1n) is 8.60. The lowest BCUT2D eigenvalue weighted by Gasteiger charge is -2.30. The first-order valence-corrected chi connectivity index (χ1v) is 8.60. The van der Waals surface area contributed by atoms with Crippen LogP contribution in [-0.4, -0.2) is 27.7 Å². The molecule has 2 aromatic rings. The van der Waals surface area contributed by atoms with Crippen molar-refractivity contribution in [2.24, 2.45) is 5.92 Å². The fraction of sp³-hybridized carbons (Fsp3) is 0.350. The fourth-order valence-corrected chi connectivity index (χ4v) is 2.50. The predicted octanol–water partition coefficient (Wildman–Crippen LogP) is 2.91. The summed E-state index contributed by atoms with van der Waals surface area (Å²) in [5.74, 6) is -0.941. The number of benzene rings is 1. The first-order chi connectivity index (χ1) is 12.4. The molecule has 2 rings (SSSR count). The van der Waals surface area contributed by atoms with E-state index in [1.54, 1.807) is 45.3 Å². The molecule has 0 radical (unpaired) electrons. The normalized spacial score (nSPS) is 11.9. The van der Waals surface area contributed by atoms with Crippen molar-refractivity contribution in [3.8, 4) is 0 Å². The number of rotatable bonds is 7. The Balaban J connectivity index is 2.08. The number of hydrogen-bond donors (Lipinski definition) is 1. The van der Waals surface area contributed by atoms with Crippen LogP contribution in [0.3, 0.4) is 0 Å². The van der Waals surface area contributed by atoms with E-state index in [-0.39, 0.29) is 30.1 Å². The minimum absolute atomic E-state index is 0.124. The van der Waals surface area contributed by atoms with Gasteiger partial charge in [0.2, 0.25) is 11.8 Å². The standard InChI is InChI=1S/C20H24FN3O2/c1-14(2)20(26)24(13-17-4-6-18(21)7-5-17)15(3)19(25)23-12-16-8-10-22-11-9-16/h4-11,14-15H,12-13H2,1-3H3,(H,23,25). The Morgan fingerprint density at radius 3 is 2.23 bits per heavy atom. The van der Waals surface area contributed by atoms with E-state index in [0.717, 1.165) is 11.1 Å². The van der Waals surface area contributed by atoms with E-state index < -0.39 is 6.04 Å². The average Bonchev–Trinajstić information content (AvgIpc) is 2.65. The van der Waals surface area contributed by atoms with E-state index >= 15 is 0 Å². The second-order valence-electron chi connectivity index (χ2n) is 6.50. The Morgan fingerprint density at radius 1 is 1.04 bits per heavy atom. The fourth-order valence-electron chi connectivity index (χ4n) is 2.50. The highest BCUT2D eigenvalue weighted by Gasteiger charge is 2.27. The number of nitrogens with zero attached hydrogens (tertiary/aromatic N) is 2. The lowest BCUT2D eigenvalue weighted by molar-refractivity contribution is -0.143. The maximum Gasteiger partial charge on any atom is 0.242 e. The Labute approximate surface area is 153 Å². The molecule has 0 fully saturated rings. The lowest BCUT2D eigenvalue weighted by atomic mass is 10.1. The van der Waals surface area contributed by atoms with Crippen LogP contribution in [0.25, 0.3) is 0 Å². The van der Waals surface area contributed by atoms with Crippen molar-refractivity contribution in [2.45, 2.75) is 39.9 Å². The Kier molecular flexibility index (Phi) is 6.83. The van der Waals surface area contributed by atoms with Gasteiger partial charge in [-0.3, -0.25) is 14.6 Å². The van der Waals surface area contributed by atoms with Crippen molar-refractivity contribution >= 4 is 11.8 Å². The van der Waals surface area contributed by atoms with Crippen LogP contribution < -0.4 is 5.32 Å². The first kappa shape index (κ1) is 19.6. The van der Waals surface area contributed by atoms with E-state index in [4.69, 9.17) is 0 Å². The third-order valence-electron chi connectivity index (χ3n) is 4.11. The van der Waals surface area contributed by atoms with Crippen molar-refractivity contribution in [3.63, 3.8) is 0 Å². The van der Waals surface area contributed by atoms with Gasteiger partial charge in [0.15, 0.2) is 0 Å². The van der Waals surface area contributed by atoms with Gasteiger partial charge >= 0.3 is 0 Å². The van der Waals surface area contributed by atoms with Crippen molar-refractivity contribution in [1.29, 1.82) is 0 Å². The zero-order chi connectivity index (χ0) is 19.1. The maximum absolute atomic E-state index is 13.1. The summed E-state index contributed by atoms with van der Waals surface area (Å²) in [5.41, 5.74) is 1.70. The number of nitrogens with one attached hydrogen (secondary N) is 1. The van der Waals surface area contributed by atoms with E-state index in [1.807, 2.05) is 12.1 Å². The molecular weight excluding hydrogens is 333 g/mol. The zero-order valence-electron chi connectivity index (χ0n) is 15.3. The smallest absolute Gasteiger partial charge is 0.242 e. The van der Waals surface area contributed by atoms with E-state index in [9.17, 15) is 14.0 Å². The van der Waals surface area contributed by atoms with Gasteiger partial charge in [-0.2, -0.15) is 0 Å². The Hall–Kier alpha value is -2.76. The highest BCUT2D eigenvalue weighted by Crippen LogP contribution is 2.14. The van der Waals surface area contributed by atoms with Gasteiger partial charge in [0.05, 0.1) is 0 Å². The summed E-state index contributed by atoms with van der Waals surface area (Å²) in [7, 11) is 0. The van der Waals surface area contributed by atoms with Crippen LogP contribution >= 0.6 is 0 Å². The topological polar surface area (TPSA) is 62.3 Å². The largest absolute Gasteiger partial charge is 0.350 e. The summed E-state index contributed by atoms with van der Waals surface area (Å²) in [6.45, 7) is 5.90. The maximum atomic E-state index is 13.1. The van der Waals surface area contributed by atoms with Crippen LogP contribution in [-0.2, 0) is 22.7 Å². The molecule has 1 aromatic carbocycles. The molecule has 0 bridgehead atoms. The molecular formula is C20H24FN3O2. The van der Waals surface area contributed by atoms with Gasteiger partial charge in [-0.25, -0.2) is 4.39 Å². The second-order valence-corrected chi connectivity index (χ2v) is 6.50. The van der Waals surface area contributed by atoms with Gasteiger partial charge in [-0.15, -0.1) is 0 Å². The summed E-state index contributed by atoms with van der Waals surface area (Å²) in [5, 5.41) is 2.85. The van der Waals surface area contributed by atoms with Gasteiger partial charge in [0.1, 0.15) is 11.9 Å². The number of pyridine rings is 1. The zero-order valence-corrected chi connectivity index (χ0v) is 15.3. The van der Waals surface area contributed by atoms with Crippen LogP contribution in [0.4, 0.5) is 4.39 Å². The minimum atomic E-state index is -0.642. The molecule has 0 aliphatic rings. The second kappa shape index (κ2) is 9.08. The van der Waals surface area contributed by atoms with Crippen molar-refractivity contribution < 1.29 is 14.0 Å². The van der Waals surface area contributed by atoms with Crippen molar-refractivity contribution in [3.05, 3.63) is 65.7 Å². The molecule has 6 heteroatoms. The van der Waals surface area contributed by atoms with Gasteiger partial charge in [0.25, 0.3) is 0 Å². The molecule has 5 nitrogen and oxygen atoms in total. The summed E-state index contributed by atoms with van der Waals surface area (Å²) in [6, 6.07) is 8.94. The molecule has 0 aliphatic heterocycles. The third-order valence-corrected chi connectivity index (χ3v) is 4.11. The van der Waals surface area contributed by atoms with E-state index in [2.05, 4.69) is 10.3 Å². The van der Waals surface area contributed by atoms with Crippen molar-refractivity contribution in [2.75, 3.05) is 0 Å². The number of carbonyl (C=O) groups is 2. The summed E-state index contributed by atoms with van der Waals surface area (Å²) in [6.07, 6.45) is 3.32. The molecule has 1 N–H and O–H groups in total. The minimum Gasteiger partial charge on any atom is -0.350 e. The molecule has 1 unspecified atom stereocenters. The molecule has 2 amide bonds. The quantitative estimate of drug-likeness (QED) is 0.829. The average molecular weight is 357 g/mol. The SMILES string of the molecule is CC(C)C(=O)N(Cc1ccc(F)cc1)C(C)C(=O)NCc1ccncc1. The number of aromatic nitrogens is 1. The van der Waals surface area contributed by atoms with Gasteiger partial charge < -0.3 is 10.2 Å². The van der Waals surface area contributed by atoms with Crippen LogP contribution in [0, 0.1) is 11.7 Å². The lowest BCUT2D eigenvalue weighted by Crippen LogP contribution is -2.48. The summed E-state index contributed by atoms with van der Waals surface area (Å²) in [4.78, 5) is 30.6. The van der Waals surface area contributed by atoms with E-state index in [0.29, 0.717) is 6.54 Å². The van der Waals surface area contributed by atoms with Crippen LogP contribution in [0.2, 0.25) is 0 Å². The van der Waals surface area contributed by atoms with Gasteiger partial charge in [-0.1, -0.05) is 26.0 Å². The molecule has 0 saturated heterocycles. The highest BCUT2D eigenvalue weighted by molar-refractivity contribution is 5.88. The molecule has 1 heterocycles. The van der Waals surface area contributed by atoms with Crippen LogP contribution in [0.1, 0.15) is 31.9 Å². The molecule has 0 spiro atoms. The van der Waals surface area contributed by atoms with Gasteiger partial charge in [-0.05, 0) is 42.3 Å². The number of amides is 2. The van der Waals surface area contributed by atoms with Crippen LogP contribution in [0.15, 0.2) is 48.8 Å². The van der Waals surface area contributed by atoms with Crippen LogP contribution in [0.5, 0.6) is 0 Å². The monoisotopic (exact) mass is 357 g/mol. The van der Waals surface area contributed by atoms with Gasteiger partial charge in [0, 0.05) is 31.4 Å². The summed E-state index contributed by atoms with van der Waals surface area (Å²) >= 11 is 0. The summed E-state index contributed by atoms with van der Waals surface area (Å²) < 4.78 is 13.1. The number of halogens is 1. The highest BCUT2D eigenvalue weighted by atomic mass is 19.1. The molecule has 0 saturated carbocycles. The number of hydrogen-bond acceptors (Lipinski definition) is 3. The Morgan fingerprint density at radius 2 is 1.65 bits per heavy atom. The molecule has 1 aromatic heterocycles. The molecule has 26 heavy (non-hydrogen) atoms. The molecule has 138 valence electrons.